The molecule has 1 saturated heterocycles. The minimum absolute atomic E-state index is 0.0925. The van der Waals surface area contributed by atoms with Crippen LogP contribution in [0.3, 0.4) is 0 Å². The SMILES string of the molecule is CSCc1cccc(C(=O)N2CCN(c3ccccc3O)CC2)c1. The van der Waals surface area contributed by atoms with Gasteiger partial charge in [-0.25, -0.2) is 0 Å². The molecule has 4 nitrogen and oxygen atoms in total. The fourth-order valence-corrected chi connectivity index (χ4v) is 3.54. The zero-order valence-electron chi connectivity index (χ0n) is 13.8. The molecule has 0 saturated carbocycles. The van der Waals surface area contributed by atoms with Gasteiger partial charge in [0.15, 0.2) is 0 Å². The Kier molecular flexibility index (Phi) is 5.30. The van der Waals surface area contributed by atoms with Crippen LogP contribution in [0.2, 0.25) is 0 Å². The third-order valence-electron chi connectivity index (χ3n) is 4.27. The van der Waals surface area contributed by atoms with Gasteiger partial charge in [-0.1, -0.05) is 24.3 Å². The molecule has 1 fully saturated rings. The number of piperazine rings is 1. The van der Waals surface area contributed by atoms with Gasteiger partial charge in [0.1, 0.15) is 5.75 Å². The molecular formula is C19H22N2O2S. The van der Waals surface area contributed by atoms with Gasteiger partial charge in [0.25, 0.3) is 5.91 Å². The second-order valence-electron chi connectivity index (χ2n) is 5.90. The lowest BCUT2D eigenvalue weighted by Crippen LogP contribution is -2.48. The van der Waals surface area contributed by atoms with Crippen LogP contribution >= 0.6 is 11.8 Å². The van der Waals surface area contributed by atoms with Crippen LogP contribution in [0.4, 0.5) is 5.69 Å². The summed E-state index contributed by atoms with van der Waals surface area (Å²) < 4.78 is 0. The number of carbonyl (C=O) groups is 1. The number of benzene rings is 2. The summed E-state index contributed by atoms with van der Waals surface area (Å²) in [5, 5.41) is 9.97. The number of hydrogen-bond donors (Lipinski definition) is 1. The van der Waals surface area contributed by atoms with E-state index in [4.69, 9.17) is 0 Å². The van der Waals surface area contributed by atoms with Gasteiger partial charge in [-0.3, -0.25) is 4.79 Å². The van der Waals surface area contributed by atoms with Crippen LogP contribution in [0, 0.1) is 0 Å². The molecule has 0 radical (unpaired) electrons. The zero-order chi connectivity index (χ0) is 16.9. The highest BCUT2D eigenvalue weighted by Gasteiger charge is 2.23. The minimum atomic E-state index is 0.0925. The predicted molar refractivity (Wildman–Crippen MR) is 99.9 cm³/mol. The van der Waals surface area contributed by atoms with E-state index in [2.05, 4.69) is 17.2 Å². The highest BCUT2D eigenvalue weighted by molar-refractivity contribution is 7.97. The molecule has 5 heteroatoms. The van der Waals surface area contributed by atoms with E-state index in [0.29, 0.717) is 18.8 Å². The van der Waals surface area contributed by atoms with E-state index in [9.17, 15) is 9.90 Å². The monoisotopic (exact) mass is 342 g/mol. The summed E-state index contributed by atoms with van der Waals surface area (Å²) in [5.74, 6) is 1.30. The number of phenols is 1. The van der Waals surface area contributed by atoms with Crippen LogP contribution < -0.4 is 4.90 Å². The second kappa shape index (κ2) is 7.62. The Morgan fingerprint density at radius 3 is 2.54 bits per heavy atom. The maximum atomic E-state index is 12.7. The van der Waals surface area contributed by atoms with E-state index >= 15 is 0 Å². The largest absolute Gasteiger partial charge is 0.506 e. The van der Waals surface area contributed by atoms with Crippen molar-refractivity contribution in [2.75, 3.05) is 37.3 Å². The fraction of sp³-hybridized carbons (Fsp3) is 0.316. The summed E-state index contributed by atoms with van der Waals surface area (Å²) in [5.41, 5.74) is 2.78. The molecule has 1 amide bonds. The normalized spacial score (nSPS) is 14.7. The summed E-state index contributed by atoms with van der Waals surface area (Å²) in [6.45, 7) is 2.79. The Morgan fingerprint density at radius 2 is 1.83 bits per heavy atom. The molecule has 3 rings (SSSR count). The maximum Gasteiger partial charge on any atom is 0.253 e. The van der Waals surface area contributed by atoms with Crippen molar-refractivity contribution in [3.8, 4) is 5.75 Å². The first kappa shape index (κ1) is 16.7. The molecule has 1 heterocycles. The Bertz CT molecular complexity index is 712. The third kappa shape index (κ3) is 3.67. The van der Waals surface area contributed by atoms with E-state index in [0.717, 1.165) is 30.1 Å². The van der Waals surface area contributed by atoms with Crippen molar-refractivity contribution in [1.82, 2.24) is 4.90 Å². The van der Waals surface area contributed by atoms with E-state index in [1.54, 1.807) is 17.8 Å². The molecular weight excluding hydrogens is 320 g/mol. The second-order valence-corrected chi connectivity index (χ2v) is 6.77. The number of rotatable bonds is 4. The highest BCUT2D eigenvalue weighted by Crippen LogP contribution is 2.27. The molecule has 1 aliphatic rings. The number of carbonyl (C=O) groups excluding carboxylic acids is 1. The van der Waals surface area contributed by atoms with Gasteiger partial charge in [0.05, 0.1) is 5.69 Å². The number of anilines is 1. The molecule has 24 heavy (non-hydrogen) atoms. The first-order valence-corrected chi connectivity index (χ1v) is 9.48. The molecule has 126 valence electrons. The van der Waals surface area contributed by atoms with Crippen LogP contribution in [0.15, 0.2) is 48.5 Å². The van der Waals surface area contributed by atoms with Crippen molar-refractivity contribution >= 4 is 23.4 Å². The summed E-state index contributed by atoms with van der Waals surface area (Å²) >= 11 is 1.75. The number of amides is 1. The van der Waals surface area contributed by atoms with Gasteiger partial charge in [0, 0.05) is 37.5 Å². The number of hydrogen-bond acceptors (Lipinski definition) is 4. The van der Waals surface area contributed by atoms with E-state index in [1.165, 1.54) is 5.56 Å². The smallest absolute Gasteiger partial charge is 0.253 e. The Labute approximate surface area is 147 Å². The number of para-hydroxylation sites is 2. The standard InChI is InChI=1S/C19H22N2O2S/c1-24-14-15-5-4-6-16(13-15)19(23)21-11-9-20(10-12-21)17-7-2-3-8-18(17)22/h2-8,13,22H,9-12,14H2,1H3. The van der Waals surface area contributed by atoms with E-state index in [1.807, 2.05) is 41.3 Å². The van der Waals surface area contributed by atoms with Crippen molar-refractivity contribution in [2.45, 2.75) is 5.75 Å². The fourth-order valence-electron chi connectivity index (χ4n) is 3.03. The minimum Gasteiger partial charge on any atom is -0.506 e. The molecule has 1 N–H and O–H groups in total. The van der Waals surface area contributed by atoms with E-state index < -0.39 is 0 Å². The van der Waals surface area contributed by atoms with Crippen LogP contribution in [0.5, 0.6) is 5.75 Å². The van der Waals surface area contributed by atoms with Gasteiger partial charge >= 0.3 is 0 Å². The first-order valence-electron chi connectivity index (χ1n) is 8.09. The molecule has 0 spiro atoms. The van der Waals surface area contributed by atoms with Gasteiger partial charge < -0.3 is 14.9 Å². The van der Waals surface area contributed by atoms with Crippen molar-refractivity contribution in [1.29, 1.82) is 0 Å². The third-order valence-corrected chi connectivity index (χ3v) is 4.90. The number of phenolic OH excluding ortho intramolecular Hbond substituents is 1. The Balaban J connectivity index is 1.65. The van der Waals surface area contributed by atoms with Crippen LogP contribution in [-0.2, 0) is 5.75 Å². The Morgan fingerprint density at radius 1 is 1.08 bits per heavy atom. The van der Waals surface area contributed by atoms with Crippen molar-refractivity contribution in [3.05, 3.63) is 59.7 Å². The van der Waals surface area contributed by atoms with E-state index in [-0.39, 0.29) is 5.91 Å². The Hall–Kier alpha value is -2.14. The number of aromatic hydroxyl groups is 1. The zero-order valence-corrected chi connectivity index (χ0v) is 14.6. The van der Waals surface area contributed by atoms with Crippen LogP contribution in [-0.4, -0.2) is 48.3 Å². The maximum absolute atomic E-state index is 12.7. The lowest BCUT2D eigenvalue weighted by atomic mass is 10.1. The average molecular weight is 342 g/mol. The van der Waals surface area contributed by atoms with Crippen molar-refractivity contribution in [2.24, 2.45) is 0 Å². The van der Waals surface area contributed by atoms with Gasteiger partial charge in [-0.2, -0.15) is 11.8 Å². The first-order chi connectivity index (χ1) is 11.7. The molecule has 2 aromatic carbocycles. The summed E-state index contributed by atoms with van der Waals surface area (Å²) in [6, 6.07) is 15.3. The molecule has 0 aromatic heterocycles. The molecule has 0 bridgehead atoms. The van der Waals surface area contributed by atoms with Gasteiger partial charge in [0.2, 0.25) is 0 Å². The summed E-state index contributed by atoms with van der Waals surface area (Å²) in [4.78, 5) is 16.7. The lowest BCUT2D eigenvalue weighted by molar-refractivity contribution is 0.0746. The van der Waals surface area contributed by atoms with Crippen LogP contribution in [0.1, 0.15) is 15.9 Å². The van der Waals surface area contributed by atoms with Crippen molar-refractivity contribution < 1.29 is 9.90 Å². The molecule has 0 atom stereocenters. The topological polar surface area (TPSA) is 43.8 Å². The molecule has 0 unspecified atom stereocenters. The molecule has 1 aliphatic heterocycles. The van der Waals surface area contributed by atoms with Crippen molar-refractivity contribution in [3.63, 3.8) is 0 Å². The van der Waals surface area contributed by atoms with Gasteiger partial charge in [-0.05, 0) is 36.1 Å². The summed E-state index contributed by atoms with van der Waals surface area (Å²) in [6.07, 6.45) is 2.06. The van der Waals surface area contributed by atoms with Crippen LogP contribution in [0.25, 0.3) is 0 Å². The summed E-state index contributed by atoms with van der Waals surface area (Å²) in [7, 11) is 0. The average Bonchev–Trinajstić information content (AvgIpc) is 2.62. The quantitative estimate of drug-likeness (QED) is 0.926. The number of nitrogens with zero attached hydrogens (tertiary/aromatic N) is 2. The predicted octanol–water partition coefficient (Wildman–Crippen LogP) is 3.22. The highest BCUT2D eigenvalue weighted by atomic mass is 32.2. The number of thioether (sulfide) groups is 1. The van der Waals surface area contributed by atoms with Gasteiger partial charge in [-0.15, -0.1) is 0 Å². The molecule has 2 aromatic rings. The lowest BCUT2D eigenvalue weighted by Gasteiger charge is -2.36. The molecule has 0 aliphatic carbocycles.